The molecule has 2 atom stereocenters. The molecule has 0 bridgehead atoms. The normalized spacial score (nSPS) is 15.6. The molecule has 0 aliphatic rings. The number of carboxylic acid groups (broad SMARTS) is 1. The molecule has 0 aliphatic heterocycles. The second kappa shape index (κ2) is 8.52. The maximum Gasteiger partial charge on any atom is 0.345 e. The van der Waals surface area contributed by atoms with Gasteiger partial charge in [-0.05, 0) is 13.3 Å². The number of halogens is 1. The first-order valence-electron chi connectivity index (χ1n) is 5.74. The predicted octanol–water partition coefficient (Wildman–Crippen LogP) is 1.35. The first kappa shape index (κ1) is 18.4. The van der Waals surface area contributed by atoms with Crippen LogP contribution in [0.2, 0.25) is 0 Å². The molecule has 0 rings (SSSR count). The molecule has 0 fully saturated rings. The highest BCUT2D eigenvalue weighted by Crippen LogP contribution is 2.20. The Morgan fingerprint density at radius 2 is 2.05 bits per heavy atom. The first-order valence-corrected chi connectivity index (χ1v) is 7.17. The third-order valence-electron chi connectivity index (χ3n) is 2.54. The van der Waals surface area contributed by atoms with E-state index in [9.17, 15) is 14.4 Å². The smallest absolute Gasteiger partial charge is 0.345 e. The van der Waals surface area contributed by atoms with Crippen LogP contribution in [-0.2, 0) is 19.2 Å². The van der Waals surface area contributed by atoms with Crippen molar-refractivity contribution in [2.75, 3.05) is 5.75 Å². The van der Waals surface area contributed by atoms with E-state index in [2.05, 4.69) is 4.84 Å². The number of Topliss-reactive ketones (excluding diaryl/α,β-unsaturated/α-hetero) is 1. The number of alkyl halides is 1. The molecule has 0 spiro atoms. The van der Waals surface area contributed by atoms with E-state index in [1.165, 1.54) is 0 Å². The number of hydrogen-bond acceptors (Lipinski definition) is 6. The Kier molecular flexibility index (Phi) is 8.24. The predicted molar refractivity (Wildman–Crippen MR) is 73.0 cm³/mol. The van der Waals surface area contributed by atoms with Gasteiger partial charge in [-0.3, -0.25) is 14.4 Å². The number of aliphatic carboxylic acids is 1. The van der Waals surface area contributed by atoms with Gasteiger partial charge in [-0.2, -0.15) is 0 Å². The highest BCUT2D eigenvalue weighted by atomic mass is 35.5. The van der Waals surface area contributed by atoms with Crippen LogP contribution >= 0.6 is 23.4 Å². The van der Waals surface area contributed by atoms with Crippen molar-refractivity contribution in [2.24, 2.45) is 5.90 Å². The molecule has 19 heavy (non-hydrogen) atoms. The summed E-state index contributed by atoms with van der Waals surface area (Å²) in [5, 5.41) is 7.43. The summed E-state index contributed by atoms with van der Waals surface area (Å²) in [5.74, 6) is 3.09. The van der Waals surface area contributed by atoms with Crippen LogP contribution in [-0.4, -0.2) is 38.7 Å². The second-order valence-electron chi connectivity index (χ2n) is 4.07. The standard InChI is InChI=1S/C11H18ClNO5S/c1-3-4-5-19-9(15)7(12)6-8(14)11(2,18-13)10(16)17/h7H,3-6,13H2,1-2H3,(H,16,17). The van der Waals surface area contributed by atoms with Crippen molar-refractivity contribution < 1.29 is 24.3 Å². The van der Waals surface area contributed by atoms with Gasteiger partial charge < -0.3 is 5.11 Å². The van der Waals surface area contributed by atoms with Crippen LogP contribution in [0.15, 0.2) is 0 Å². The van der Waals surface area contributed by atoms with Gasteiger partial charge in [-0.15, -0.1) is 11.6 Å². The molecular formula is C11H18ClNO5S. The zero-order chi connectivity index (χ0) is 15.1. The lowest BCUT2D eigenvalue weighted by Gasteiger charge is -2.21. The largest absolute Gasteiger partial charge is 0.479 e. The Labute approximate surface area is 121 Å². The van der Waals surface area contributed by atoms with Crippen LogP contribution in [0.4, 0.5) is 0 Å². The minimum atomic E-state index is -2.18. The molecule has 0 saturated carbocycles. The van der Waals surface area contributed by atoms with E-state index < -0.39 is 29.2 Å². The quantitative estimate of drug-likeness (QED) is 0.286. The minimum Gasteiger partial charge on any atom is -0.479 e. The second-order valence-corrected chi connectivity index (χ2v) is 5.70. The third kappa shape index (κ3) is 5.48. The molecule has 110 valence electrons. The summed E-state index contributed by atoms with van der Waals surface area (Å²) < 4.78 is 0. The molecule has 6 nitrogen and oxygen atoms in total. The van der Waals surface area contributed by atoms with Gasteiger partial charge in [-0.25, -0.2) is 10.7 Å². The van der Waals surface area contributed by atoms with Gasteiger partial charge in [0, 0.05) is 12.2 Å². The molecule has 0 aromatic carbocycles. The van der Waals surface area contributed by atoms with Gasteiger partial charge in [0.15, 0.2) is 5.78 Å². The molecular weight excluding hydrogens is 294 g/mol. The maximum atomic E-state index is 11.8. The molecule has 0 aromatic heterocycles. The number of nitrogens with two attached hydrogens (primary N) is 1. The van der Waals surface area contributed by atoms with Gasteiger partial charge in [-0.1, -0.05) is 25.1 Å². The van der Waals surface area contributed by atoms with Crippen molar-refractivity contribution in [1.82, 2.24) is 0 Å². The van der Waals surface area contributed by atoms with Crippen LogP contribution in [0.3, 0.4) is 0 Å². The average Bonchev–Trinajstić information content (AvgIpc) is 2.37. The Morgan fingerprint density at radius 1 is 1.47 bits per heavy atom. The lowest BCUT2D eigenvalue weighted by molar-refractivity contribution is -0.171. The molecule has 8 heteroatoms. The number of rotatable bonds is 9. The fraction of sp³-hybridized carbons (Fsp3) is 0.727. The van der Waals surface area contributed by atoms with Crippen LogP contribution in [0.1, 0.15) is 33.1 Å². The summed E-state index contributed by atoms with van der Waals surface area (Å²) in [4.78, 5) is 38.5. The minimum absolute atomic E-state index is 0.353. The van der Waals surface area contributed by atoms with E-state index in [0.717, 1.165) is 31.5 Å². The monoisotopic (exact) mass is 311 g/mol. The first-order chi connectivity index (χ1) is 8.79. The fourth-order valence-corrected chi connectivity index (χ4v) is 2.31. The van der Waals surface area contributed by atoms with Crippen LogP contribution < -0.4 is 5.90 Å². The van der Waals surface area contributed by atoms with Crippen molar-refractivity contribution in [1.29, 1.82) is 0 Å². The Hall–Kier alpha value is -0.630. The molecule has 0 aromatic rings. The summed E-state index contributed by atoms with van der Waals surface area (Å²) in [6, 6.07) is 0. The van der Waals surface area contributed by atoms with Crippen molar-refractivity contribution in [3.8, 4) is 0 Å². The van der Waals surface area contributed by atoms with E-state index in [0.29, 0.717) is 5.75 Å². The highest BCUT2D eigenvalue weighted by Gasteiger charge is 2.43. The summed E-state index contributed by atoms with van der Waals surface area (Å²) >= 11 is 6.83. The van der Waals surface area contributed by atoms with Crippen LogP contribution in [0.5, 0.6) is 0 Å². The number of carboxylic acids is 1. The van der Waals surface area contributed by atoms with Crippen LogP contribution in [0.25, 0.3) is 0 Å². The molecule has 0 saturated heterocycles. The number of ketones is 1. The molecule has 0 aliphatic carbocycles. The van der Waals surface area contributed by atoms with Crippen molar-refractivity contribution in [3.05, 3.63) is 0 Å². The summed E-state index contributed by atoms with van der Waals surface area (Å²) in [6.07, 6.45) is 1.39. The topological polar surface area (TPSA) is 107 Å². The van der Waals surface area contributed by atoms with Gasteiger partial charge in [0.25, 0.3) is 0 Å². The average molecular weight is 312 g/mol. The fourth-order valence-electron chi connectivity index (χ4n) is 1.08. The number of carbonyl (C=O) groups excluding carboxylic acids is 2. The lowest BCUT2D eigenvalue weighted by atomic mass is 9.97. The van der Waals surface area contributed by atoms with E-state index in [4.69, 9.17) is 22.6 Å². The van der Waals surface area contributed by atoms with Crippen molar-refractivity contribution in [3.63, 3.8) is 0 Å². The Bertz CT molecular complexity index is 352. The molecule has 0 amide bonds. The molecule has 0 radical (unpaired) electrons. The SMILES string of the molecule is CCCCSC(=O)C(Cl)CC(=O)C(C)(ON)C(=O)O. The van der Waals surface area contributed by atoms with E-state index in [1.807, 2.05) is 6.92 Å². The maximum absolute atomic E-state index is 11.8. The van der Waals surface area contributed by atoms with Crippen LogP contribution in [0, 0.1) is 0 Å². The number of hydrogen-bond donors (Lipinski definition) is 2. The zero-order valence-corrected chi connectivity index (χ0v) is 12.4. The molecule has 0 heterocycles. The van der Waals surface area contributed by atoms with E-state index in [1.54, 1.807) is 0 Å². The Balaban J connectivity index is 4.47. The summed E-state index contributed by atoms with van der Waals surface area (Å²) in [6.45, 7) is 3.01. The number of carbonyl (C=O) groups is 3. The third-order valence-corrected chi connectivity index (χ3v) is 4.08. The zero-order valence-electron chi connectivity index (χ0n) is 10.8. The van der Waals surface area contributed by atoms with Gasteiger partial charge in [0.2, 0.25) is 10.7 Å². The van der Waals surface area contributed by atoms with Gasteiger partial charge in [0.1, 0.15) is 5.38 Å². The molecule has 3 N–H and O–H groups in total. The Morgan fingerprint density at radius 3 is 2.47 bits per heavy atom. The summed E-state index contributed by atoms with van der Waals surface area (Å²) in [7, 11) is 0. The molecule has 2 unspecified atom stereocenters. The van der Waals surface area contributed by atoms with Crippen molar-refractivity contribution in [2.45, 2.75) is 44.1 Å². The van der Waals surface area contributed by atoms with Gasteiger partial charge in [0.05, 0.1) is 0 Å². The summed E-state index contributed by atoms with van der Waals surface area (Å²) in [5.41, 5.74) is -2.18. The van der Waals surface area contributed by atoms with E-state index >= 15 is 0 Å². The lowest BCUT2D eigenvalue weighted by Crippen LogP contribution is -2.49. The highest BCUT2D eigenvalue weighted by molar-refractivity contribution is 8.13. The number of unbranched alkanes of at least 4 members (excludes halogenated alkanes) is 1. The van der Waals surface area contributed by atoms with E-state index in [-0.39, 0.29) is 5.12 Å². The van der Waals surface area contributed by atoms with Gasteiger partial charge >= 0.3 is 5.97 Å². The number of thioether (sulfide) groups is 1. The van der Waals surface area contributed by atoms with Crippen molar-refractivity contribution >= 4 is 40.2 Å².